The summed E-state index contributed by atoms with van der Waals surface area (Å²) in [6.07, 6.45) is 5.15. The molecule has 0 spiro atoms. The zero-order valence-electron chi connectivity index (χ0n) is 16.2. The van der Waals surface area contributed by atoms with Crippen LogP contribution in [-0.2, 0) is 4.74 Å². The zero-order chi connectivity index (χ0) is 20.0. The van der Waals surface area contributed by atoms with E-state index in [2.05, 4.69) is 0 Å². The van der Waals surface area contributed by atoms with E-state index in [-0.39, 0.29) is 29.6 Å². The molecule has 1 N–H and O–H groups in total. The van der Waals surface area contributed by atoms with Crippen LogP contribution in [0.2, 0.25) is 0 Å². The maximum Gasteiger partial charge on any atom is 0.193 e. The van der Waals surface area contributed by atoms with E-state index in [1.165, 1.54) is 20.3 Å². The summed E-state index contributed by atoms with van der Waals surface area (Å²) in [5.74, 6) is 0.231. The number of phenols is 1. The lowest BCUT2D eigenvalue weighted by Crippen LogP contribution is -2.08. The molecule has 0 aliphatic rings. The first-order valence-corrected chi connectivity index (χ1v) is 9.55. The highest BCUT2D eigenvalue weighted by Gasteiger charge is 2.24. The van der Waals surface area contributed by atoms with Crippen molar-refractivity contribution in [1.29, 1.82) is 0 Å². The third kappa shape index (κ3) is 4.64. The van der Waals surface area contributed by atoms with Crippen LogP contribution in [0.15, 0.2) is 35.2 Å². The minimum atomic E-state index is -0.345. The standard InChI is InChI=1S/C21H24O5S/c1-13-19(23)18(21(25-4)14(2)20(13)26-12-24-3)17(22)11-8-15-6-9-16(27-5)10-7-15/h6-11,23H,12H2,1-5H3. The van der Waals surface area contributed by atoms with E-state index in [0.29, 0.717) is 16.9 Å². The molecule has 5 nitrogen and oxygen atoms in total. The van der Waals surface area contributed by atoms with E-state index in [0.717, 1.165) is 10.5 Å². The van der Waals surface area contributed by atoms with E-state index < -0.39 is 0 Å². The molecule has 27 heavy (non-hydrogen) atoms. The van der Waals surface area contributed by atoms with Gasteiger partial charge in [0, 0.05) is 23.1 Å². The van der Waals surface area contributed by atoms with Crippen molar-refractivity contribution >= 4 is 23.6 Å². The first kappa shape index (κ1) is 20.9. The summed E-state index contributed by atoms with van der Waals surface area (Å²) < 4.78 is 15.9. The minimum absolute atomic E-state index is 0.0313. The van der Waals surface area contributed by atoms with Crippen LogP contribution in [0.3, 0.4) is 0 Å². The predicted molar refractivity (Wildman–Crippen MR) is 108 cm³/mol. The van der Waals surface area contributed by atoms with Gasteiger partial charge in [-0.25, -0.2) is 0 Å². The van der Waals surface area contributed by atoms with Gasteiger partial charge in [-0.3, -0.25) is 4.79 Å². The van der Waals surface area contributed by atoms with Gasteiger partial charge in [0.25, 0.3) is 0 Å². The van der Waals surface area contributed by atoms with Gasteiger partial charge in [-0.05, 0) is 43.9 Å². The Kier molecular flexibility index (Phi) is 7.33. The second kappa shape index (κ2) is 9.48. The summed E-state index contributed by atoms with van der Waals surface area (Å²) in [5.41, 5.74) is 2.11. The number of ketones is 1. The van der Waals surface area contributed by atoms with Crippen molar-refractivity contribution < 1.29 is 24.1 Å². The Morgan fingerprint density at radius 3 is 2.33 bits per heavy atom. The van der Waals surface area contributed by atoms with Crippen LogP contribution in [0.1, 0.15) is 27.0 Å². The van der Waals surface area contributed by atoms with Crippen molar-refractivity contribution in [3.8, 4) is 17.2 Å². The topological polar surface area (TPSA) is 65.0 Å². The van der Waals surface area contributed by atoms with Crippen LogP contribution in [0.5, 0.6) is 17.2 Å². The molecule has 2 aromatic carbocycles. The second-order valence-corrected chi connectivity index (χ2v) is 6.74. The summed E-state index contributed by atoms with van der Waals surface area (Å²) in [7, 11) is 2.97. The van der Waals surface area contributed by atoms with Crippen molar-refractivity contribution in [2.45, 2.75) is 18.7 Å². The van der Waals surface area contributed by atoms with Crippen molar-refractivity contribution in [2.24, 2.45) is 0 Å². The SMILES string of the molecule is COCOc1c(C)c(O)c(C(=O)C=Cc2ccc(SC)cc2)c(OC)c1C. The number of thioether (sulfide) groups is 1. The first-order valence-electron chi connectivity index (χ1n) is 8.32. The average molecular weight is 388 g/mol. The summed E-state index contributed by atoms with van der Waals surface area (Å²) in [5, 5.41) is 10.6. The van der Waals surface area contributed by atoms with Crippen molar-refractivity contribution in [3.05, 3.63) is 52.6 Å². The van der Waals surface area contributed by atoms with Gasteiger partial charge in [0.1, 0.15) is 22.8 Å². The molecule has 0 atom stereocenters. The van der Waals surface area contributed by atoms with Crippen molar-refractivity contribution in [3.63, 3.8) is 0 Å². The van der Waals surface area contributed by atoms with E-state index in [1.807, 2.05) is 30.5 Å². The fourth-order valence-corrected chi connectivity index (χ4v) is 3.17. The van der Waals surface area contributed by atoms with E-state index in [9.17, 15) is 9.90 Å². The lowest BCUT2D eigenvalue weighted by Gasteiger charge is -2.18. The molecule has 144 valence electrons. The van der Waals surface area contributed by atoms with E-state index >= 15 is 0 Å². The van der Waals surface area contributed by atoms with Crippen molar-refractivity contribution in [2.75, 3.05) is 27.3 Å². The number of phenolic OH excluding ortho intramolecular Hbond substituents is 1. The number of rotatable bonds is 8. The van der Waals surface area contributed by atoms with Crippen LogP contribution in [0, 0.1) is 13.8 Å². The molecule has 0 unspecified atom stereocenters. The Balaban J connectivity index is 2.40. The number of methoxy groups -OCH3 is 2. The van der Waals surface area contributed by atoms with Gasteiger partial charge in [-0.2, -0.15) is 0 Å². The van der Waals surface area contributed by atoms with Crippen LogP contribution in [0.25, 0.3) is 6.08 Å². The highest BCUT2D eigenvalue weighted by molar-refractivity contribution is 7.98. The zero-order valence-corrected chi connectivity index (χ0v) is 17.0. The van der Waals surface area contributed by atoms with Crippen LogP contribution >= 0.6 is 11.8 Å². The predicted octanol–water partition coefficient (Wildman–Crippen LogP) is 4.62. The molecule has 0 saturated heterocycles. The number of ether oxygens (including phenoxy) is 3. The van der Waals surface area contributed by atoms with Crippen LogP contribution in [-0.4, -0.2) is 38.2 Å². The number of carbonyl (C=O) groups excluding carboxylic acids is 1. The fourth-order valence-electron chi connectivity index (χ4n) is 2.76. The quantitative estimate of drug-likeness (QED) is 0.308. The van der Waals surface area contributed by atoms with Crippen LogP contribution < -0.4 is 9.47 Å². The minimum Gasteiger partial charge on any atom is -0.507 e. The second-order valence-electron chi connectivity index (χ2n) is 5.86. The fraction of sp³-hybridized carbons (Fsp3) is 0.286. The molecular weight excluding hydrogens is 364 g/mol. The maximum atomic E-state index is 12.8. The van der Waals surface area contributed by atoms with Gasteiger partial charge in [0.15, 0.2) is 12.6 Å². The molecule has 0 heterocycles. The molecule has 0 aliphatic carbocycles. The summed E-state index contributed by atoms with van der Waals surface area (Å²) >= 11 is 1.65. The van der Waals surface area contributed by atoms with Crippen LogP contribution in [0.4, 0.5) is 0 Å². The van der Waals surface area contributed by atoms with Gasteiger partial charge in [0.2, 0.25) is 0 Å². The lowest BCUT2D eigenvalue weighted by molar-refractivity contribution is 0.0497. The molecule has 0 fully saturated rings. The molecule has 0 saturated carbocycles. The number of hydrogen-bond donors (Lipinski definition) is 1. The molecule has 6 heteroatoms. The normalized spacial score (nSPS) is 11.0. The smallest absolute Gasteiger partial charge is 0.193 e. The number of benzene rings is 2. The molecule has 0 radical (unpaired) electrons. The summed E-state index contributed by atoms with van der Waals surface area (Å²) in [6.45, 7) is 3.50. The molecule has 0 amide bonds. The molecule has 2 rings (SSSR count). The molecule has 2 aromatic rings. The summed E-state index contributed by atoms with van der Waals surface area (Å²) in [4.78, 5) is 13.9. The average Bonchev–Trinajstić information content (AvgIpc) is 2.69. The van der Waals surface area contributed by atoms with Gasteiger partial charge in [-0.15, -0.1) is 11.8 Å². The Morgan fingerprint density at radius 2 is 1.78 bits per heavy atom. The van der Waals surface area contributed by atoms with Crippen molar-refractivity contribution in [1.82, 2.24) is 0 Å². The Hall–Kier alpha value is -2.44. The highest BCUT2D eigenvalue weighted by atomic mass is 32.2. The maximum absolute atomic E-state index is 12.8. The summed E-state index contributed by atoms with van der Waals surface area (Å²) in [6, 6.07) is 7.85. The Morgan fingerprint density at radius 1 is 1.11 bits per heavy atom. The highest BCUT2D eigenvalue weighted by Crippen LogP contribution is 2.42. The van der Waals surface area contributed by atoms with Gasteiger partial charge in [-0.1, -0.05) is 18.2 Å². The third-order valence-electron chi connectivity index (χ3n) is 4.16. The van der Waals surface area contributed by atoms with E-state index in [4.69, 9.17) is 14.2 Å². The third-order valence-corrected chi connectivity index (χ3v) is 4.90. The van der Waals surface area contributed by atoms with Gasteiger partial charge in [0.05, 0.1) is 7.11 Å². The number of carbonyl (C=O) groups is 1. The number of aromatic hydroxyl groups is 1. The van der Waals surface area contributed by atoms with Gasteiger partial charge < -0.3 is 19.3 Å². The molecule has 0 aromatic heterocycles. The molecular formula is C21H24O5S. The number of hydrogen-bond acceptors (Lipinski definition) is 6. The monoisotopic (exact) mass is 388 g/mol. The Bertz CT molecular complexity index is 841. The molecule has 0 aliphatic heterocycles. The largest absolute Gasteiger partial charge is 0.507 e. The Labute approximate surface area is 164 Å². The number of allylic oxidation sites excluding steroid dienone is 1. The first-order chi connectivity index (χ1) is 12.9. The van der Waals surface area contributed by atoms with E-state index in [1.54, 1.807) is 31.7 Å². The molecule has 0 bridgehead atoms. The lowest BCUT2D eigenvalue weighted by atomic mass is 9.98. The van der Waals surface area contributed by atoms with Gasteiger partial charge >= 0.3 is 0 Å².